The standard InChI is InChI=1S/C9H6N6O3/c10-14-11-5-8-12-13-9(18-8)6-1-3-7(4-2-6)15(16)17/h1-4H,5H2. The highest BCUT2D eigenvalue weighted by atomic mass is 16.6. The summed E-state index contributed by atoms with van der Waals surface area (Å²) in [6.07, 6.45) is 0. The molecule has 2 aromatic rings. The fourth-order valence-corrected chi connectivity index (χ4v) is 1.25. The minimum absolute atomic E-state index is 0.0208. The Morgan fingerprint density at radius 1 is 1.39 bits per heavy atom. The zero-order valence-corrected chi connectivity index (χ0v) is 8.92. The van der Waals surface area contributed by atoms with Gasteiger partial charge in [-0.25, -0.2) is 0 Å². The summed E-state index contributed by atoms with van der Waals surface area (Å²) in [6, 6.07) is 5.69. The van der Waals surface area contributed by atoms with E-state index < -0.39 is 4.92 Å². The molecule has 0 fully saturated rings. The number of aromatic nitrogens is 2. The zero-order chi connectivity index (χ0) is 13.0. The van der Waals surface area contributed by atoms with Crippen molar-refractivity contribution in [1.29, 1.82) is 0 Å². The van der Waals surface area contributed by atoms with Gasteiger partial charge in [0, 0.05) is 22.6 Å². The van der Waals surface area contributed by atoms with Gasteiger partial charge >= 0.3 is 0 Å². The van der Waals surface area contributed by atoms with E-state index in [2.05, 4.69) is 20.2 Å². The van der Waals surface area contributed by atoms with Gasteiger partial charge < -0.3 is 4.42 Å². The quantitative estimate of drug-likeness (QED) is 0.268. The minimum atomic E-state index is -0.495. The molecule has 0 amide bonds. The smallest absolute Gasteiger partial charge is 0.269 e. The van der Waals surface area contributed by atoms with Crippen LogP contribution in [0.4, 0.5) is 5.69 Å². The number of nitro groups is 1. The molecule has 2 rings (SSSR count). The first-order valence-electron chi connectivity index (χ1n) is 4.79. The molecule has 0 aliphatic heterocycles. The van der Waals surface area contributed by atoms with E-state index in [-0.39, 0.29) is 24.0 Å². The normalized spacial score (nSPS) is 9.78. The van der Waals surface area contributed by atoms with Crippen LogP contribution in [0.2, 0.25) is 0 Å². The summed E-state index contributed by atoms with van der Waals surface area (Å²) in [5.41, 5.74) is 8.67. The van der Waals surface area contributed by atoms with Crippen molar-refractivity contribution in [3.63, 3.8) is 0 Å². The number of nitrogens with zero attached hydrogens (tertiary/aromatic N) is 6. The van der Waals surface area contributed by atoms with Gasteiger partial charge in [-0.15, -0.1) is 10.2 Å². The molecule has 0 bridgehead atoms. The van der Waals surface area contributed by atoms with Crippen molar-refractivity contribution in [2.75, 3.05) is 0 Å². The highest BCUT2D eigenvalue weighted by Crippen LogP contribution is 2.21. The Morgan fingerprint density at radius 2 is 2.11 bits per heavy atom. The van der Waals surface area contributed by atoms with Gasteiger partial charge in [0.1, 0.15) is 6.54 Å². The Balaban J connectivity index is 2.23. The number of hydrogen-bond acceptors (Lipinski definition) is 6. The maximum absolute atomic E-state index is 10.5. The Morgan fingerprint density at radius 3 is 2.72 bits per heavy atom. The van der Waals surface area contributed by atoms with E-state index in [4.69, 9.17) is 9.95 Å². The maximum Gasteiger partial charge on any atom is 0.269 e. The molecular formula is C9H6N6O3. The molecule has 0 saturated carbocycles. The number of rotatable bonds is 4. The van der Waals surface area contributed by atoms with Gasteiger partial charge in [-0.3, -0.25) is 10.1 Å². The summed E-state index contributed by atoms with van der Waals surface area (Å²) in [6.45, 7) is -0.0313. The fraction of sp³-hybridized carbons (Fsp3) is 0.111. The molecule has 90 valence electrons. The minimum Gasteiger partial charge on any atom is -0.421 e. The van der Waals surface area contributed by atoms with Crippen LogP contribution in [0.5, 0.6) is 0 Å². The third kappa shape index (κ3) is 2.42. The van der Waals surface area contributed by atoms with Crippen LogP contribution in [0, 0.1) is 10.1 Å². The lowest BCUT2D eigenvalue weighted by Gasteiger charge is -1.94. The fourth-order valence-electron chi connectivity index (χ4n) is 1.25. The summed E-state index contributed by atoms with van der Waals surface area (Å²) < 4.78 is 5.22. The SMILES string of the molecule is [N-]=[N+]=NCc1nnc(-c2ccc([N+](=O)[O-])cc2)o1. The van der Waals surface area contributed by atoms with Gasteiger partial charge in [0.05, 0.1) is 4.92 Å². The van der Waals surface area contributed by atoms with Crippen molar-refractivity contribution in [3.05, 3.63) is 50.7 Å². The summed E-state index contributed by atoms with van der Waals surface area (Å²) >= 11 is 0. The van der Waals surface area contributed by atoms with Gasteiger partial charge in [-0.05, 0) is 17.7 Å². The Kier molecular flexibility index (Phi) is 3.17. The molecule has 0 aliphatic carbocycles. The molecule has 0 radical (unpaired) electrons. The van der Waals surface area contributed by atoms with Crippen molar-refractivity contribution >= 4 is 5.69 Å². The summed E-state index contributed by atoms with van der Waals surface area (Å²) in [4.78, 5) is 12.5. The lowest BCUT2D eigenvalue weighted by atomic mass is 10.2. The van der Waals surface area contributed by atoms with Gasteiger partial charge in [-0.1, -0.05) is 5.11 Å². The van der Waals surface area contributed by atoms with Crippen molar-refractivity contribution < 1.29 is 9.34 Å². The second kappa shape index (κ2) is 4.93. The lowest BCUT2D eigenvalue weighted by molar-refractivity contribution is -0.384. The van der Waals surface area contributed by atoms with Gasteiger partial charge in [-0.2, -0.15) is 0 Å². The average molecular weight is 246 g/mol. The van der Waals surface area contributed by atoms with Gasteiger partial charge in [0.2, 0.25) is 11.8 Å². The molecule has 9 nitrogen and oxygen atoms in total. The molecule has 0 saturated heterocycles. The first-order valence-corrected chi connectivity index (χ1v) is 4.79. The van der Waals surface area contributed by atoms with Crippen LogP contribution in [0.25, 0.3) is 21.9 Å². The third-order valence-electron chi connectivity index (χ3n) is 2.06. The second-order valence-corrected chi connectivity index (χ2v) is 3.19. The highest BCUT2D eigenvalue weighted by Gasteiger charge is 2.10. The Labute approximate surface area is 99.8 Å². The molecule has 0 N–H and O–H groups in total. The van der Waals surface area contributed by atoms with Crippen LogP contribution in [0.3, 0.4) is 0 Å². The first-order chi connectivity index (χ1) is 8.70. The number of benzene rings is 1. The molecular weight excluding hydrogens is 240 g/mol. The van der Waals surface area contributed by atoms with E-state index in [0.29, 0.717) is 5.56 Å². The summed E-state index contributed by atoms with van der Waals surface area (Å²) in [5, 5.41) is 21.2. The van der Waals surface area contributed by atoms with E-state index in [0.717, 1.165) is 0 Å². The Bertz CT molecular complexity index is 613. The number of azide groups is 1. The van der Waals surface area contributed by atoms with Crippen molar-refractivity contribution in [3.8, 4) is 11.5 Å². The van der Waals surface area contributed by atoms with Gasteiger partial charge in [0.25, 0.3) is 5.69 Å². The van der Waals surface area contributed by atoms with E-state index in [1.807, 2.05) is 0 Å². The summed E-state index contributed by atoms with van der Waals surface area (Å²) in [5.74, 6) is 0.397. The molecule has 0 aliphatic rings. The van der Waals surface area contributed by atoms with E-state index in [1.165, 1.54) is 24.3 Å². The van der Waals surface area contributed by atoms with Crippen molar-refractivity contribution in [2.24, 2.45) is 5.11 Å². The predicted molar refractivity (Wildman–Crippen MR) is 59.2 cm³/mol. The molecule has 1 aromatic carbocycles. The largest absolute Gasteiger partial charge is 0.421 e. The molecule has 0 atom stereocenters. The predicted octanol–water partition coefficient (Wildman–Crippen LogP) is 2.46. The van der Waals surface area contributed by atoms with Crippen LogP contribution in [0.15, 0.2) is 33.8 Å². The van der Waals surface area contributed by atoms with Crippen LogP contribution in [-0.2, 0) is 6.54 Å². The van der Waals surface area contributed by atoms with Gasteiger partial charge in [0.15, 0.2) is 0 Å². The van der Waals surface area contributed by atoms with Crippen molar-refractivity contribution in [2.45, 2.75) is 6.54 Å². The first kappa shape index (κ1) is 11.6. The number of hydrogen-bond donors (Lipinski definition) is 0. The summed E-state index contributed by atoms with van der Waals surface area (Å²) in [7, 11) is 0. The highest BCUT2D eigenvalue weighted by molar-refractivity contribution is 5.55. The van der Waals surface area contributed by atoms with Crippen LogP contribution < -0.4 is 0 Å². The third-order valence-corrected chi connectivity index (χ3v) is 2.06. The second-order valence-electron chi connectivity index (χ2n) is 3.19. The molecule has 1 heterocycles. The van der Waals surface area contributed by atoms with Crippen molar-refractivity contribution in [1.82, 2.24) is 10.2 Å². The van der Waals surface area contributed by atoms with E-state index >= 15 is 0 Å². The van der Waals surface area contributed by atoms with E-state index in [1.54, 1.807) is 0 Å². The lowest BCUT2D eigenvalue weighted by Crippen LogP contribution is -1.87. The number of non-ortho nitro benzene ring substituents is 1. The molecule has 0 unspecified atom stereocenters. The topological polar surface area (TPSA) is 131 Å². The Hall–Kier alpha value is -2.93. The molecule has 9 heteroatoms. The average Bonchev–Trinajstić information content (AvgIpc) is 2.85. The van der Waals surface area contributed by atoms with E-state index in [9.17, 15) is 10.1 Å². The maximum atomic E-state index is 10.5. The van der Waals surface area contributed by atoms with Crippen LogP contribution in [0.1, 0.15) is 5.89 Å². The zero-order valence-electron chi connectivity index (χ0n) is 8.92. The molecule has 0 spiro atoms. The van der Waals surface area contributed by atoms with Crippen LogP contribution in [-0.4, -0.2) is 15.1 Å². The molecule has 1 aromatic heterocycles. The monoisotopic (exact) mass is 246 g/mol. The molecule has 18 heavy (non-hydrogen) atoms. The van der Waals surface area contributed by atoms with Crippen LogP contribution >= 0.6 is 0 Å². The number of nitro benzene ring substituents is 1.